The Bertz CT molecular complexity index is 1120. The maximum Gasteiger partial charge on any atom is 0.237 e. The molecule has 1 saturated carbocycles. The van der Waals surface area contributed by atoms with E-state index < -0.39 is 10.0 Å². The van der Waals surface area contributed by atoms with Crippen LogP contribution in [0.15, 0.2) is 73.1 Å². The van der Waals surface area contributed by atoms with Gasteiger partial charge in [0, 0.05) is 24.6 Å². The molecule has 2 aromatic carbocycles. The highest BCUT2D eigenvalue weighted by Crippen LogP contribution is 2.30. The second-order valence-corrected chi connectivity index (χ2v) is 10.3. The number of aromatic nitrogens is 1. The summed E-state index contributed by atoms with van der Waals surface area (Å²) in [6.07, 6.45) is 9.57. The van der Waals surface area contributed by atoms with Crippen LogP contribution in [0.3, 0.4) is 0 Å². The van der Waals surface area contributed by atoms with Crippen molar-refractivity contribution in [3.05, 3.63) is 84.2 Å². The lowest BCUT2D eigenvalue weighted by Crippen LogP contribution is -2.18. The van der Waals surface area contributed by atoms with Gasteiger partial charge < -0.3 is 10.1 Å². The Hall–Kier alpha value is -3.06. The minimum absolute atomic E-state index is 0.0879. The fourth-order valence-corrected chi connectivity index (χ4v) is 5.32. The van der Waals surface area contributed by atoms with Gasteiger partial charge in [-0.1, -0.05) is 55.7 Å². The van der Waals surface area contributed by atoms with Gasteiger partial charge in [-0.15, -0.1) is 0 Å². The lowest BCUT2D eigenvalue weighted by atomic mass is 9.90. The molecule has 3 aromatic rings. The first-order valence-corrected chi connectivity index (χ1v) is 13.2. The van der Waals surface area contributed by atoms with Gasteiger partial charge in [-0.25, -0.2) is 8.42 Å². The Kier molecular flexibility index (Phi) is 7.83. The Morgan fingerprint density at radius 1 is 0.909 bits per heavy atom. The summed E-state index contributed by atoms with van der Waals surface area (Å²) in [5.74, 6) is 1.01. The number of hydrogen-bond donors (Lipinski definition) is 2. The second kappa shape index (κ2) is 11.2. The van der Waals surface area contributed by atoms with E-state index in [9.17, 15) is 8.42 Å². The monoisotopic (exact) mass is 465 g/mol. The first-order chi connectivity index (χ1) is 16.1. The van der Waals surface area contributed by atoms with E-state index in [1.807, 2.05) is 60.7 Å². The number of benzene rings is 2. The van der Waals surface area contributed by atoms with Crippen molar-refractivity contribution in [3.8, 4) is 5.75 Å². The number of anilines is 2. The number of ether oxygens (including phenoxy) is 1. The molecule has 0 aliphatic heterocycles. The van der Waals surface area contributed by atoms with E-state index in [2.05, 4.69) is 15.0 Å². The average Bonchev–Trinajstić information content (AvgIpc) is 2.83. The van der Waals surface area contributed by atoms with E-state index >= 15 is 0 Å². The van der Waals surface area contributed by atoms with Crippen LogP contribution < -0.4 is 14.8 Å². The number of nitrogens with one attached hydrogen (secondary N) is 2. The standard InChI is InChI=1S/C26H31N3O3S/c30-33(31,20-22-9-5-2-6-10-22)29-25-17-23(18-28-24-13-15-27-16-14-24)11-12-26(25)32-19-21-7-3-1-4-8-21/h2,5-6,9-17,21,29H,1,3-4,7-8,18-20H2,(H,27,28). The highest BCUT2D eigenvalue weighted by molar-refractivity contribution is 7.91. The zero-order chi connectivity index (χ0) is 22.9. The smallest absolute Gasteiger partial charge is 0.237 e. The van der Waals surface area contributed by atoms with Crippen molar-refractivity contribution in [2.24, 2.45) is 5.92 Å². The molecule has 0 amide bonds. The van der Waals surface area contributed by atoms with Gasteiger partial charge in [0.25, 0.3) is 0 Å². The van der Waals surface area contributed by atoms with Crippen molar-refractivity contribution in [2.75, 3.05) is 16.6 Å². The molecule has 33 heavy (non-hydrogen) atoms. The molecular formula is C26H31N3O3S. The van der Waals surface area contributed by atoms with Crippen molar-refractivity contribution < 1.29 is 13.2 Å². The summed E-state index contributed by atoms with van der Waals surface area (Å²) >= 11 is 0. The van der Waals surface area contributed by atoms with Crippen molar-refractivity contribution in [1.29, 1.82) is 0 Å². The third-order valence-electron chi connectivity index (χ3n) is 5.89. The predicted molar refractivity (Wildman–Crippen MR) is 133 cm³/mol. The molecule has 0 unspecified atom stereocenters. The molecule has 6 nitrogen and oxygen atoms in total. The summed E-state index contributed by atoms with van der Waals surface area (Å²) < 4.78 is 34.8. The number of hydrogen-bond acceptors (Lipinski definition) is 5. The molecule has 0 saturated heterocycles. The van der Waals surface area contributed by atoms with Crippen LogP contribution in [-0.2, 0) is 22.3 Å². The molecule has 0 atom stereocenters. The molecule has 174 valence electrons. The van der Waals surface area contributed by atoms with Crippen LogP contribution in [0.2, 0.25) is 0 Å². The van der Waals surface area contributed by atoms with Gasteiger partial charge in [0.05, 0.1) is 18.0 Å². The highest BCUT2D eigenvalue weighted by Gasteiger charge is 2.18. The van der Waals surface area contributed by atoms with Crippen molar-refractivity contribution in [3.63, 3.8) is 0 Å². The molecular weight excluding hydrogens is 434 g/mol. The minimum Gasteiger partial charge on any atom is -0.491 e. The molecule has 1 aliphatic rings. The van der Waals surface area contributed by atoms with Crippen LogP contribution in [0.25, 0.3) is 0 Å². The average molecular weight is 466 g/mol. The Balaban J connectivity index is 1.50. The van der Waals surface area contributed by atoms with E-state index in [0.29, 0.717) is 30.5 Å². The first-order valence-electron chi connectivity index (χ1n) is 11.5. The summed E-state index contributed by atoms with van der Waals surface area (Å²) in [7, 11) is -3.60. The van der Waals surface area contributed by atoms with Gasteiger partial charge in [0.2, 0.25) is 10.0 Å². The molecule has 1 heterocycles. The van der Waals surface area contributed by atoms with Gasteiger partial charge in [-0.3, -0.25) is 9.71 Å². The second-order valence-electron chi connectivity index (χ2n) is 8.58. The molecule has 1 aliphatic carbocycles. The molecule has 7 heteroatoms. The zero-order valence-electron chi connectivity index (χ0n) is 18.7. The molecule has 1 fully saturated rings. The van der Waals surface area contributed by atoms with E-state index in [4.69, 9.17) is 4.74 Å². The van der Waals surface area contributed by atoms with Gasteiger partial charge in [-0.05, 0) is 54.2 Å². The fourth-order valence-electron chi connectivity index (χ4n) is 4.13. The van der Waals surface area contributed by atoms with Gasteiger partial charge in [-0.2, -0.15) is 0 Å². The lowest BCUT2D eigenvalue weighted by molar-refractivity contribution is 0.209. The summed E-state index contributed by atoms with van der Waals surface area (Å²) in [4.78, 5) is 4.03. The Morgan fingerprint density at radius 2 is 1.67 bits per heavy atom. The number of pyridine rings is 1. The van der Waals surface area contributed by atoms with Crippen LogP contribution in [0.5, 0.6) is 5.75 Å². The Labute approximate surface area is 196 Å². The summed E-state index contributed by atoms with van der Waals surface area (Å²) in [6.45, 7) is 1.17. The normalized spacial score (nSPS) is 14.5. The first kappa shape index (κ1) is 23.1. The predicted octanol–water partition coefficient (Wildman–Crippen LogP) is 5.59. The number of rotatable bonds is 10. The SMILES string of the molecule is O=S(=O)(Cc1ccccc1)Nc1cc(CNc2ccncc2)ccc1OCC1CCCCC1. The minimum atomic E-state index is -3.60. The molecule has 0 bridgehead atoms. The topological polar surface area (TPSA) is 80.3 Å². The van der Waals surface area contributed by atoms with E-state index in [1.54, 1.807) is 12.4 Å². The van der Waals surface area contributed by atoms with E-state index in [0.717, 1.165) is 16.8 Å². The van der Waals surface area contributed by atoms with E-state index in [-0.39, 0.29) is 5.75 Å². The summed E-state index contributed by atoms with van der Waals surface area (Å²) in [6, 6.07) is 18.7. The molecule has 2 N–H and O–H groups in total. The molecule has 0 radical (unpaired) electrons. The van der Waals surface area contributed by atoms with Gasteiger partial charge in [0.15, 0.2) is 0 Å². The summed E-state index contributed by atoms with van der Waals surface area (Å²) in [5.41, 5.74) is 3.13. The quantitative estimate of drug-likeness (QED) is 0.408. The van der Waals surface area contributed by atoms with Gasteiger partial charge >= 0.3 is 0 Å². The largest absolute Gasteiger partial charge is 0.491 e. The van der Waals surface area contributed by atoms with Crippen molar-refractivity contribution in [2.45, 2.75) is 44.4 Å². The van der Waals surface area contributed by atoms with Crippen LogP contribution in [0, 0.1) is 5.92 Å². The Morgan fingerprint density at radius 3 is 2.42 bits per heavy atom. The maximum atomic E-state index is 12.9. The van der Waals surface area contributed by atoms with E-state index in [1.165, 1.54) is 32.1 Å². The lowest BCUT2D eigenvalue weighted by Gasteiger charge is -2.23. The maximum absolute atomic E-state index is 12.9. The molecule has 1 aromatic heterocycles. The highest BCUT2D eigenvalue weighted by atomic mass is 32.2. The van der Waals surface area contributed by atoms with Crippen molar-refractivity contribution in [1.82, 2.24) is 4.98 Å². The third kappa shape index (κ3) is 7.22. The molecule has 0 spiro atoms. The zero-order valence-corrected chi connectivity index (χ0v) is 19.6. The van der Waals surface area contributed by atoms with Crippen LogP contribution in [0.1, 0.15) is 43.2 Å². The van der Waals surface area contributed by atoms with Crippen LogP contribution in [-0.4, -0.2) is 20.0 Å². The summed E-state index contributed by atoms with van der Waals surface area (Å²) in [5, 5.41) is 3.34. The van der Waals surface area contributed by atoms with Gasteiger partial charge in [0.1, 0.15) is 5.75 Å². The fraction of sp³-hybridized carbons (Fsp3) is 0.346. The number of nitrogens with zero attached hydrogens (tertiary/aromatic N) is 1. The third-order valence-corrected chi connectivity index (χ3v) is 7.13. The van der Waals surface area contributed by atoms with Crippen LogP contribution >= 0.6 is 0 Å². The van der Waals surface area contributed by atoms with Crippen LogP contribution in [0.4, 0.5) is 11.4 Å². The number of sulfonamides is 1. The molecule has 4 rings (SSSR count). The van der Waals surface area contributed by atoms with Crippen molar-refractivity contribution >= 4 is 21.4 Å².